The predicted octanol–water partition coefficient (Wildman–Crippen LogP) is 1.77. The summed E-state index contributed by atoms with van der Waals surface area (Å²) in [6.45, 7) is 0.201. The molecule has 2 aromatic rings. The lowest BCUT2D eigenvalue weighted by molar-refractivity contribution is 0.0954. The lowest BCUT2D eigenvalue weighted by Crippen LogP contribution is -2.23. The zero-order valence-electron chi connectivity index (χ0n) is 8.27. The van der Waals surface area contributed by atoms with Gasteiger partial charge in [0.15, 0.2) is 10.8 Å². The van der Waals surface area contributed by atoms with Crippen LogP contribution >= 0.6 is 11.3 Å². The van der Waals surface area contributed by atoms with E-state index in [0.717, 1.165) is 0 Å². The Balaban J connectivity index is 2.14. The lowest BCUT2D eigenvalue weighted by Gasteiger charge is -1.95. The van der Waals surface area contributed by atoms with Crippen molar-refractivity contribution in [3.05, 3.63) is 29.5 Å². The second kappa shape index (κ2) is 4.64. The van der Waals surface area contributed by atoms with Crippen LogP contribution in [0.4, 0.5) is 0 Å². The Morgan fingerprint density at radius 2 is 2.56 bits per heavy atom. The zero-order valence-corrected chi connectivity index (χ0v) is 9.08. The molecule has 0 aliphatic carbocycles. The highest BCUT2D eigenvalue weighted by molar-refractivity contribution is 7.13. The summed E-state index contributed by atoms with van der Waals surface area (Å²) < 4.78 is 5.18. The fourth-order valence-electron chi connectivity index (χ4n) is 1.11. The number of terminal acetylenes is 1. The summed E-state index contributed by atoms with van der Waals surface area (Å²) in [5.74, 6) is 2.71. The normalized spacial score (nSPS) is 9.69. The van der Waals surface area contributed by atoms with Gasteiger partial charge in [-0.25, -0.2) is 4.98 Å². The van der Waals surface area contributed by atoms with Crippen molar-refractivity contribution in [1.29, 1.82) is 0 Å². The number of hydrogen-bond donors (Lipinski definition) is 1. The van der Waals surface area contributed by atoms with Crippen LogP contribution in [0.2, 0.25) is 0 Å². The van der Waals surface area contributed by atoms with Crippen molar-refractivity contribution in [2.75, 3.05) is 6.54 Å². The van der Waals surface area contributed by atoms with Gasteiger partial charge in [0.1, 0.15) is 5.69 Å². The van der Waals surface area contributed by atoms with E-state index in [1.54, 1.807) is 23.8 Å². The molecular weight excluding hydrogens is 224 g/mol. The van der Waals surface area contributed by atoms with Crippen LogP contribution in [0, 0.1) is 12.3 Å². The zero-order chi connectivity index (χ0) is 11.4. The third kappa shape index (κ3) is 2.12. The maximum atomic E-state index is 11.5. The summed E-state index contributed by atoms with van der Waals surface area (Å²) >= 11 is 1.35. The van der Waals surface area contributed by atoms with Gasteiger partial charge in [-0.1, -0.05) is 5.92 Å². The molecule has 0 atom stereocenters. The van der Waals surface area contributed by atoms with Crippen molar-refractivity contribution in [2.24, 2.45) is 0 Å². The SMILES string of the molecule is C#CCNC(=O)c1csc(-c2ccco2)n1. The standard InChI is InChI=1S/C11H8N2O2S/c1-2-5-12-10(14)8-7-16-11(13-8)9-4-3-6-15-9/h1,3-4,6-7H,5H2,(H,12,14). The lowest BCUT2D eigenvalue weighted by atomic mass is 10.4. The second-order valence-corrected chi connectivity index (χ2v) is 3.76. The van der Waals surface area contributed by atoms with Gasteiger partial charge in [-0.2, -0.15) is 0 Å². The van der Waals surface area contributed by atoms with E-state index in [0.29, 0.717) is 16.5 Å². The number of aromatic nitrogens is 1. The molecule has 0 saturated heterocycles. The van der Waals surface area contributed by atoms with E-state index >= 15 is 0 Å². The van der Waals surface area contributed by atoms with E-state index in [-0.39, 0.29) is 12.5 Å². The number of amides is 1. The van der Waals surface area contributed by atoms with E-state index in [4.69, 9.17) is 10.8 Å². The molecule has 1 amide bonds. The van der Waals surface area contributed by atoms with Gasteiger partial charge in [0.2, 0.25) is 0 Å². The first-order valence-corrected chi connectivity index (χ1v) is 5.40. The van der Waals surface area contributed by atoms with Crippen LogP contribution in [0.3, 0.4) is 0 Å². The van der Waals surface area contributed by atoms with E-state index in [9.17, 15) is 4.79 Å². The summed E-state index contributed by atoms with van der Waals surface area (Å²) in [6.07, 6.45) is 6.60. The topological polar surface area (TPSA) is 55.1 Å². The Bertz CT molecular complexity index is 522. The van der Waals surface area contributed by atoms with Crippen LogP contribution < -0.4 is 5.32 Å². The number of furan rings is 1. The number of carbonyl (C=O) groups excluding carboxylic acids is 1. The Kier molecular flexibility index (Phi) is 3.03. The largest absolute Gasteiger partial charge is 0.462 e. The molecule has 0 saturated carbocycles. The van der Waals surface area contributed by atoms with Gasteiger partial charge >= 0.3 is 0 Å². The molecule has 2 aromatic heterocycles. The van der Waals surface area contributed by atoms with Crippen LogP contribution in [0.25, 0.3) is 10.8 Å². The molecule has 4 nitrogen and oxygen atoms in total. The summed E-state index contributed by atoms with van der Waals surface area (Å²) in [4.78, 5) is 15.6. The van der Waals surface area contributed by atoms with Gasteiger partial charge in [-0.15, -0.1) is 17.8 Å². The van der Waals surface area contributed by atoms with Crippen molar-refractivity contribution >= 4 is 17.2 Å². The molecule has 0 aliphatic heterocycles. The first-order valence-electron chi connectivity index (χ1n) is 4.52. The molecular formula is C11H8N2O2S. The Morgan fingerprint density at radius 3 is 3.25 bits per heavy atom. The molecule has 0 bridgehead atoms. The fraction of sp³-hybridized carbons (Fsp3) is 0.0909. The van der Waals surface area contributed by atoms with Crippen molar-refractivity contribution < 1.29 is 9.21 Å². The highest BCUT2D eigenvalue weighted by atomic mass is 32.1. The van der Waals surface area contributed by atoms with E-state index in [1.807, 2.05) is 0 Å². The smallest absolute Gasteiger partial charge is 0.271 e. The Labute approximate surface area is 96.3 Å². The van der Waals surface area contributed by atoms with E-state index in [2.05, 4.69) is 16.2 Å². The molecule has 2 heterocycles. The van der Waals surface area contributed by atoms with Gasteiger partial charge in [0.25, 0.3) is 5.91 Å². The minimum absolute atomic E-state index is 0.201. The van der Waals surface area contributed by atoms with Gasteiger partial charge < -0.3 is 9.73 Å². The molecule has 2 rings (SSSR count). The maximum Gasteiger partial charge on any atom is 0.271 e. The summed E-state index contributed by atoms with van der Waals surface area (Å²) in [5.41, 5.74) is 0.353. The second-order valence-electron chi connectivity index (χ2n) is 2.90. The highest BCUT2D eigenvalue weighted by Crippen LogP contribution is 2.23. The molecule has 1 N–H and O–H groups in total. The molecule has 16 heavy (non-hydrogen) atoms. The fourth-order valence-corrected chi connectivity index (χ4v) is 1.88. The highest BCUT2D eigenvalue weighted by Gasteiger charge is 2.12. The molecule has 0 radical (unpaired) electrons. The van der Waals surface area contributed by atoms with E-state index < -0.39 is 0 Å². The molecule has 0 spiro atoms. The third-order valence-corrected chi connectivity index (χ3v) is 2.68. The maximum absolute atomic E-state index is 11.5. The molecule has 0 unspecified atom stereocenters. The van der Waals surface area contributed by atoms with Crippen LogP contribution in [0.1, 0.15) is 10.5 Å². The molecule has 80 valence electrons. The average Bonchev–Trinajstić information content (AvgIpc) is 2.94. The monoisotopic (exact) mass is 232 g/mol. The third-order valence-electron chi connectivity index (χ3n) is 1.82. The first kappa shape index (κ1) is 10.5. The van der Waals surface area contributed by atoms with Crippen LogP contribution in [0.5, 0.6) is 0 Å². The summed E-state index contributed by atoms with van der Waals surface area (Å²) in [5, 5.41) is 4.89. The van der Waals surface area contributed by atoms with Crippen molar-refractivity contribution in [1.82, 2.24) is 10.3 Å². The number of nitrogens with zero attached hydrogens (tertiary/aromatic N) is 1. The van der Waals surface area contributed by atoms with E-state index in [1.165, 1.54) is 11.3 Å². The number of nitrogens with one attached hydrogen (secondary N) is 1. The minimum atomic E-state index is -0.271. The molecule has 5 heteroatoms. The Morgan fingerprint density at radius 1 is 1.69 bits per heavy atom. The van der Waals surface area contributed by atoms with Crippen LogP contribution in [-0.2, 0) is 0 Å². The van der Waals surface area contributed by atoms with Gasteiger partial charge in [-0.05, 0) is 12.1 Å². The quantitative estimate of drug-likeness (QED) is 0.820. The predicted molar refractivity (Wildman–Crippen MR) is 61.0 cm³/mol. The van der Waals surface area contributed by atoms with Crippen molar-refractivity contribution in [3.63, 3.8) is 0 Å². The number of rotatable bonds is 3. The van der Waals surface area contributed by atoms with Gasteiger partial charge in [0, 0.05) is 5.38 Å². The van der Waals surface area contributed by atoms with Gasteiger partial charge in [-0.3, -0.25) is 4.79 Å². The van der Waals surface area contributed by atoms with Crippen molar-refractivity contribution in [3.8, 4) is 23.1 Å². The van der Waals surface area contributed by atoms with Crippen molar-refractivity contribution in [2.45, 2.75) is 0 Å². The number of carbonyl (C=O) groups is 1. The number of thiazole rings is 1. The molecule has 0 fully saturated rings. The van der Waals surface area contributed by atoms with Crippen LogP contribution in [-0.4, -0.2) is 17.4 Å². The molecule has 0 aliphatic rings. The van der Waals surface area contributed by atoms with Crippen LogP contribution in [0.15, 0.2) is 28.2 Å². The minimum Gasteiger partial charge on any atom is -0.462 e. The summed E-state index contributed by atoms with van der Waals surface area (Å²) in [6, 6.07) is 3.57. The number of hydrogen-bond acceptors (Lipinski definition) is 4. The van der Waals surface area contributed by atoms with Gasteiger partial charge in [0.05, 0.1) is 12.8 Å². The Hall–Kier alpha value is -2.06. The summed E-state index contributed by atoms with van der Waals surface area (Å²) in [7, 11) is 0. The average molecular weight is 232 g/mol. The molecule has 0 aromatic carbocycles. The first-order chi connectivity index (χ1) is 7.81.